The SMILES string of the molecule is CC/C=C\C/C=C\C/C=C\C/C=C\C/C=C\C/C=C\C/C=C\C/C=C\C/C=C\CCCCCC(=O)NC(COP(=O)([O-])OCC[N+](C)(C)C)C(O)/C=C/CC/C=C/CCCC. The van der Waals surface area contributed by atoms with Crippen LogP contribution in [0.1, 0.15) is 136 Å². The van der Waals surface area contributed by atoms with Crippen molar-refractivity contribution >= 4 is 13.7 Å². The molecule has 0 aromatic rings. The van der Waals surface area contributed by atoms with E-state index in [4.69, 9.17) is 9.05 Å². The number of hydrogen-bond donors (Lipinski definition) is 2. The average Bonchev–Trinajstić information content (AvgIpc) is 3.21. The third-order valence-corrected chi connectivity index (χ3v) is 10.1. The molecule has 0 heterocycles. The highest BCUT2D eigenvalue weighted by molar-refractivity contribution is 7.45. The van der Waals surface area contributed by atoms with Crippen molar-refractivity contribution in [3.05, 3.63) is 134 Å². The zero-order valence-electron chi connectivity index (χ0n) is 38.8. The van der Waals surface area contributed by atoms with Gasteiger partial charge in [-0.25, -0.2) is 0 Å². The Morgan fingerprint density at radius 1 is 0.590 bits per heavy atom. The molecule has 0 aliphatic carbocycles. The number of likely N-dealkylation sites (N-methyl/N-ethyl adjacent to an activating group) is 1. The van der Waals surface area contributed by atoms with Gasteiger partial charge in [0.15, 0.2) is 0 Å². The van der Waals surface area contributed by atoms with Crippen LogP contribution in [0, 0.1) is 0 Å². The van der Waals surface area contributed by atoms with Gasteiger partial charge in [-0.3, -0.25) is 9.36 Å². The highest BCUT2D eigenvalue weighted by atomic mass is 31.2. The van der Waals surface area contributed by atoms with Crippen molar-refractivity contribution in [1.82, 2.24) is 5.32 Å². The second-order valence-electron chi connectivity index (χ2n) is 16.0. The first kappa shape index (κ1) is 57.6. The van der Waals surface area contributed by atoms with Crippen molar-refractivity contribution in [3.8, 4) is 0 Å². The molecule has 0 rings (SSSR count). The Labute approximate surface area is 373 Å². The summed E-state index contributed by atoms with van der Waals surface area (Å²) in [6.07, 6.45) is 63.9. The molecule has 0 saturated heterocycles. The Morgan fingerprint density at radius 2 is 1.02 bits per heavy atom. The number of quaternary nitrogens is 1. The fraction of sp³-hybridized carbons (Fsp3) is 0.558. The summed E-state index contributed by atoms with van der Waals surface area (Å²) in [6, 6.07) is -0.929. The normalized spacial score (nSPS) is 15.5. The molecule has 344 valence electrons. The molecular weight excluding hydrogens is 780 g/mol. The molecule has 0 aliphatic heterocycles. The Balaban J connectivity index is 4.29. The molecule has 3 unspecified atom stereocenters. The van der Waals surface area contributed by atoms with Crippen LogP contribution in [-0.4, -0.2) is 68.5 Å². The first-order valence-corrected chi connectivity index (χ1v) is 24.5. The van der Waals surface area contributed by atoms with E-state index in [0.29, 0.717) is 17.4 Å². The number of nitrogens with one attached hydrogen (secondary N) is 1. The standard InChI is InChI=1S/C52H85N2O6P/c1-6-8-10-12-14-16-17-18-19-20-21-22-23-24-25-26-27-28-29-30-31-32-33-34-35-36-37-38-40-42-44-46-52(56)53-50(49-60-61(57,58)59-48-47-54(3,4)5)51(55)45-43-41-39-15-13-11-9-7-2/h8,10,13-16,18-19,21-22,24-25,27-28,30-31,33-34,36-37,43,45,50-51,55H,6-7,9,11-12,17,20,23,26,29,32,35,38-42,44,46-49H2,1-5H3,(H-,53,56,57,58)/b10-8-,15-13+,16-14-,19-18-,22-21-,25-24-,28-27-,31-30-,34-33-,37-36-,45-43+. The topological polar surface area (TPSA) is 108 Å². The lowest BCUT2D eigenvalue weighted by molar-refractivity contribution is -0.870. The van der Waals surface area contributed by atoms with Gasteiger partial charge in [0.25, 0.3) is 7.82 Å². The molecule has 0 fully saturated rings. The summed E-state index contributed by atoms with van der Waals surface area (Å²) in [5.74, 6) is -0.251. The second kappa shape index (κ2) is 42.0. The minimum atomic E-state index is -4.61. The summed E-state index contributed by atoms with van der Waals surface area (Å²) in [6.45, 7) is 4.36. The fourth-order valence-corrected chi connectivity index (χ4v) is 6.16. The van der Waals surface area contributed by atoms with E-state index < -0.39 is 26.6 Å². The van der Waals surface area contributed by atoms with Crippen LogP contribution in [0.3, 0.4) is 0 Å². The monoisotopic (exact) mass is 865 g/mol. The molecule has 0 radical (unpaired) electrons. The number of allylic oxidation sites excluding steroid dienone is 21. The minimum Gasteiger partial charge on any atom is -0.756 e. The maximum absolute atomic E-state index is 12.8. The average molecular weight is 865 g/mol. The number of unbranched alkanes of at least 4 members (excludes halogenated alkanes) is 6. The van der Waals surface area contributed by atoms with Gasteiger partial charge >= 0.3 is 0 Å². The number of carbonyl (C=O) groups excluding carboxylic acids is 1. The van der Waals surface area contributed by atoms with E-state index >= 15 is 0 Å². The first-order valence-electron chi connectivity index (χ1n) is 23.0. The van der Waals surface area contributed by atoms with Crippen LogP contribution < -0.4 is 10.2 Å². The van der Waals surface area contributed by atoms with E-state index in [-0.39, 0.29) is 18.9 Å². The predicted molar refractivity (Wildman–Crippen MR) is 260 cm³/mol. The van der Waals surface area contributed by atoms with Gasteiger partial charge in [0.05, 0.1) is 39.9 Å². The van der Waals surface area contributed by atoms with Crippen molar-refractivity contribution < 1.29 is 32.9 Å². The maximum atomic E-state index is 12.8. The van der Waals surface area contributed by atoms with Crippen molar-refractivity contribution in [1.29, 1.82) is 0 Å². The second-order valence-corrected chi connectivity index (χ2v) is 17.4. The van der Waals surface area contributed by atoms with Gasteiger partial charge in [-0.15, -0.1) is 0 Å². The van der Waals surface area contributed by atoms with Crippen LogP contribution in [-0.2, 0) is 18.4 Å². The van der Waals surface area contributed by atoms with Gasteiger partial charge in [-0.05, 0) is 96.3 Å². The zero-order chi connectivity index (χ0) is 45.0. The smallest absolute Gasteiger partial charge is 0.268 e. The van der Waals surface area contributed by atoms with Crippen molar-refractivity contribution in [2.45, 2.75) is 148 Å². The summed E-state index contributed by atoms with van der Waals surface area (Å²) >= 11 is 0. The van der Waals surface area contributed by atoms with E-state index in [2.05, 4.69) is 141 Å². The molecular formula is C52H85N2O6P. The molecule has 8 nitrogen and oxygen atoms in total. The van der Waals surface area contributed by atoms with Crippen molar-refractivity contribution in [2.75, 3.05) is 40.9 Å². The summed E-state index contributed by atoms with van der Waals surface area (Å²) in [5, 5.41) is 13.6. The fourth-order valence-electron chi connectivity index (χ4n) is 5.44. The Hall–Kier alpha value is -3.36. The molecule has 0 bridgehead atoms. The van der Waals surface area contributed by atoms with E-state index in [1.807, 2.05) is 27.2 Å². The zero-order valence-corrected chi connectivity index (χ0v) is 39.7. The molecule has 9 heteroatoms. The molecule has 0 saturated carbocycles. The van der Waals surface area contributed by atoms with Gasteiger partial charge in [0, 0.05) is 6.42 Å². The van der Waals surface area contributed by atoms with Crippen LogP contribution in [0.5, 0.6) is 0 Å². The number of hydrogen-bond acceptors (Lipinski definition) is 6. The Kier molecular flexibility index (Phi) is 39.7. The number of aliphatic hydroxyl groups is 1. The number of nitrogens with zero attached hydrogens (tertiary/aromatic N) is 1. The largest absolute Gasteiger partial charge is 0.756 e. The Bertz CT molecular complexity index is 1440. The first-order chi connectivity index (χ1) is 29.5. The van der Waals surface area contributed by atoms with Crippen molar-refractivity contribution in [3.63, 3.8) is 0 Å². The summed E-state index contributed by atoms with van der Waals surface area (Å²) in [4.78, 5) is 25.2. The highest BCUT2D eigenvalue weighted by Crippen LogP contribution is 2.38. The van der Waals surface area contributed by atoms with Gasteiger partial charge in [0.2, 0.25) is 5.91 Å². The predicted octanol–water partition coefficient (Wildman–Crippen LogP) is 12.6. The molecule has 1 amide bonds. The number of rotatable bonds is 39. The highest BCUT2D eigenvalue weighted by Gasteiger charge is 2.23. The summed E-state index contributed by atoms with van der Waals surface area (Å²) in [7, 11) is 1.19. The van der Waals surface area contributed by atoms with Crippen LogP contribution in [0.4, 0.5) is 0 Å². The minimum absolute atomic E-state index is 0.0220. The van der Waals surface area contributed by atoms with Crippen LogP contribution in [0.15, 0.2) is 134 Å². The van der Waals surface area contributed by atoms with E-state index in [0.717, 1.165) is 109 Å². The van der Waals surface area contributed by atoms with Gasteiger partial charge < -0.3 is 28.8 Å². The molecule has 3 atom stereocenters. The Morgan fingerprint density at radius 3 is 1.49 bits per heavy atom. The van der Waals surface area contributed by atoms with Gasteiger partial charge in [-0.1, -0.05) is 167 Å². The van der Waals surface area contributed by atoms with Crippen LogP contribution in [0.2, 0.25) is 0 Å². The lowest BCUT2D eigenvalue weighted by Crippen LogP contribution is -2.45. The lowest BCUT2D eigenvalue weighted by atomic mass is 10.1. The van der Waals surface area contributed by atoms with Crippen LogP contribution in [0.25, 0.3) is 0 Å². The van der Waals surface area contributed by atoms with Gasteiger partial charge in [-0.2, -0.15) is 0 Å². The third kappa shape index (κ3) is 44.5. The van der Waals surface area contributed by atoms with Crippen LogP contribution >= 0.6 is 7.82 Å². The molecule has 0 aliphatic rings. The molecule has 61 heavy (non-hydrogen) atoms. The third-order valence-electron chi connectivity index (χ3n) is 9.09. The summed E-state index contributed by atoms with van der Waals surface area (Å²) in [5.41, 5.74) is 0. The van der Waals surface area contributed by atoms with Gasteiger partial charge in [0.1, 0.15) is 13.2 Å². The number of amides is 1. The van der Waals surface area contributed by atoms with E-state index in [1.54, 1.807) is 6.08 Å². The molecule has 0 spiro atoms. The summed E-state index contributed by atoms with van der Waals surface area (Å²) < 4.78 is 23.0. The molecule has 2 N–H and O–H groups in total. The van der Waals surface area contributed by atoms with Crippen molar-refractivity contribution in [2.24, 2.45) is 0 Å². The lowest BCUT2D eigenvalue weighted by Gasteiger charge is -2.29. The number of phosphoric ester groups is 1. The number of carbonyl (C=O) groups is 1. The quantitative estimate of drug-likeness (QED) is 0.0276. The molecule has 0 aromatic carbocycles. The number of aliphatic hydroxyl groups excluding tert-OH is 1. The number of phosphoric acid groups is 1. The van der Waals surface area contributed by atoms with E-state index in [9.17, 15) is 19.4 Å². The maximum Gasteiger partial charge on any atom is 0.268 e. The molecule has 0 aromatic heterocycles. The van der Waals surface area contributed by atoms with E-state index in [1.165, 1.54) is 0 Å².